The average Bonchev–Trinajstić information content (AvgIpc) is 2.63. The van der Waals surface area contributed by atoms with Crippen molar-refractivity contribution in [1.29, 1.82) is 0 Å². The number of hydrogen-bond acceptors (Lipinski definition) is 3. The molecule has 1 fully saturated rings. The van der Waals surface area contributed by atoms with Crippen LogP contribution in [0.15, 0.2) is 24.3 Å². The molecule has 0 saturated carbocycles. The molecule has 20 heavy (non-hydrogen) atoms. The molecule has 1 atom stereocenters. The molecule has 0 aromatic heterocycles. The lowest BCUT2D eigenvalue weighted by Crippen LogP contribution is -2.40. The molecule has 1 aromatic rings. The first-order valence-electron chi connectivity index (χ1n) is 7.58. The maximum atomic E-state index is 12.2. The van der Waals surface area contributed by atoms with Crippen LogP contribution in [0.5, 0.6) is 0 Å². The fourth-order valence-corrected chi connectivity index (χ4v) is 2.91. The third-order valence-electron chi connectivity index (χ3n) is 3.99. The first-order chi connectivity index (χ1) is 9.69. The Labute approximate surface area is 121 Å². The van der Waals surface area contributed by atoms with Gasteiger partial charge in [-0.1, -0.05) is 25.8 Å². The van der Waals surface area contributed by atoms with Gasteiger partial charge in [-0.3, -0.25) is 9.69 Å². The minimum absolute atomic E-state index is 0.0518. The van der Waals surface area contributed by atoms with Crippen molar-refractivity contribution in [2.75, 3.05) is 24.1 Å². The Morgan fingerprint density at radius 3 is 3.00 bits per heavy atom. The number of anilines is 2. The summed E-state index contributed by atoms with van der Waals surface area (Å²) in [6, 6.07) is 7.87. The van der Waals surface area contributed by atoms with Crippen molar-refractivity contribution in [3.8, 4) is 0 Å². The van der Waals surface area contributed by atoms with Crippen molar-refractivity contribution in [3.63, 3.8) is 0 Å². The Balaban J connectivity index is 1.92. The third kappa shape index (κ3) is 4.23. The number of nitrogens with two attached hydrogens (primary N) is 1. The molecule has 0 aliphatic carbocycles. The van der Waals surface area contributed by atoms with E-state index in [4.69, 9.17) is 5.73 Å². The van der Waals surface area contributed by atoms with Gasteiger partial charge in [-0.2, -0.15) is 0 Å². The van der Waals surface area contributed by atoms with E-state index in [1.54, 1.807) is 6.07 Å². The van der Waals surface area contributed by atoms with E-state index in [1.165, 1.54) is 25.7 Å². The van der Waals surface area contributed by atoms with Crippen LogP contribution in [-0.2, 0) is 4.79 Å². The monoisotopic (exact) mass is 275 g/mol. The number of likely N-dealkylation sites (tertiary alicyclic amines) is 1. The van der Waals surface area contributed by atoms with Crippen molar-refractivity contribution in [2.45, 2.75) is 45.1 Å². The summed E-state index contributed by atoms with van der Waals surface area (Å²) >= 11 is 0. The summed E-state index contributed by atoms with van der Waals surface area (Å²) in [6.07, 6.45) is 6.09. The number of hydrogen-bond donors (Lipinski definition) is 2. The molecule has 2 rings (SSSR count). The second-order valence-corrected chi connectivity index (χ2v) is 5.56. The summed E-state index contributed by atoms with van der Waals surface area (Å²) < 4.78 is 0. The highest BCUT2D eigenvalue weighted by Crippen LogP contribution is 2.19. The van der Waals surface area contributed by atoms with E-state index in [0.717, 1.165) is 18.7 Å². The number of nitrogens with one attached hydrogen (secondary N) is 1. The lowest BCUT2D eigenvalue weighted by atomic mass is 10.1. The summed E-state index contributed by atoms with van der Waals surface area (Å²) in [5.41, 5.74) is 7.17. The van der Waals surface area contributed by atoms with E-state index in [2.05, 4.69) is 17.1 Å². The van der Waals surface area contributed by atoms with Crippen LogP contribution in [0.4, 0.5) is 11.4 Å². The maximum Gasteiger partial charge on any atom is 0.238 e. The highest BCUT2D eigenvalue weighted by atomic mass is 16.2. The molecule has 1 unspecified atom stereocenters. The molecule has 0 bridgehead atoms. The second kappa shape index (κ2) is 7.29. The van der Waals surface area contributed by atoms with E-state index in [9.17, 15) is 4.79 Å². The summed E-state index contributed by atoms with van der Waals surface area (Å²) in [5, 5.41) is 2.93. The summed E-state index contributed by atoms with van der Waals surface area (Å²) in [7, 11) is 0. The number of rotatable bonds is 4. The Morgan fingerprint density at radius 1 is 1.40 bits per heavy atom. The number of amides is 1. The summed E-state index contributed by atoms with van der Waals surface area (Å²) in [5.74, 6) is 0.0518. The lowest BCUT2D eigenvalue weighted by molar-refractivity contribution is -0.117. The van der Waals surface area contributed by atoms with Gasteiger partial charge in [0.05, 0.1) is 6.54 Å². The minimum Gasteiger partial charge on any atom is -0.399 e. The number of carbonyl (C=O) groups is 1. The Morgan fingerprint density at radius 2 is 2.25 bits per heavy atom. The van der Waals surface area contributed by atoms with E-state index in [-0.39, 0.29) is 5.91 Å². The number of carbonyl (C=O) groups excluding carboxylic acids is 1. The van der Waals surface area contributed by atoms with Crippen LogP contribution >= 0.6 is 0 Å². The summed E-state index contributed by atoms with van der Waals surface area (Å²) in [4.78, 5) is 14.5. The average molecular weight is 275 g/mol. The molecule has 0 radical (unpaired) electrons. The SMILES string of the molecule is CCC1CCCCCN1CC(=O)Nc1cccc(N)c1. The fraction of sp³-hybridized carbons (Fsp3) is 0.562. The molecule has 4 heteroatoms. The standard InChI is InChI=1S/C16H25N3O/c1-2-15-9-4-3-5-10-19(15)12-16(20)18-14-8-6-7-13(17)11-14/h6-8,11,15H,2-5,9-10,12,17H2,1H3,(H,18,20). The van der Waals surface area contributed by atoms with Gasteiger partial charge >= 0.3 is 0 Å². The van der Waals surface area contributed by atoms with Gasteiger partial charge in [-0.25, -0.2) is 0 Å². The van der Waals surface area contributed by atoms with Crippen molar-refractivity contribution in [1.82, 2.24) is 4.90 Å². The van der Waals surface area contributed by atoms with Gasteiger partial charge < -0.3 is 11.1 Å². The van der Waals surface area contributed by atoms with E-state index >= 15 is 0 Å². The number of nitrogens with zero attached hydrogens (tertiary/aromatic N) is 1. The smallest absolute Gasteiger partial charge is 0.238 e. The second-order valence-electron chi connectivity index (χ2n) is 5.56. The molecule has 1 aromatic carbocycles. The third-order valence-corrected chi connectivity index (χ3v) is 3.99. The summed E-state index contributed by atoms with van der Waals surface area (Å²) in [6.45, 7) is 3.72. The first-order valence-corrected chi connectivity index (χ1v) is 7.58. The zero-order valence-electron chi connectivity index (χ0n) is 12.3. The van der Waals surface area contributed by atoms with E-state index in [1.807, 2.05) is 18.2 Å². The largest absolute Gasteiger partial charge is 0.399 e. The quantitative estimate of drug-likeness (QED) is 0.831. The molecule has 1 aliphatic heterocycles. The van der Waals surface area contributed by atoms with Crippen LogP contribution in [-0.4, -0.2) is 29.9 Å². The van der Waals surface area contributed by atoms with Crippen molar-refractivity contribution >= 4 is 17.3 Å². The fourth-order valence-electron chi connectivity index (χ4n) is 2.91. The highest BCUT2D eigenvalue weighted by Gasteiger charge is 2.21. The van der Waals surface area contributed by atoms with Crippen molar-refractivity contribution in [3.05, 3.63) is 24.3 Å². The number of nitrogen functional groups attached to an aromatic ring is 1. The van der Waals surface area contributed by atoms with Gasteiger partial charge in [-0.15, -0.1) is 0 Å². The van der Waals surface area contributed by atoms with Crippen LogP contribution < -0.4 is 11.1 Å². The Bertz CT molecular complexity index is 447. The molecule has 3 N–H and O–H groups in total. The highest BCUT2D eigenvalue weighted by molar-refractivity contribution is 5.92. The molecule has 0 spiro atoms. The number of benzene rings is 1. The van der Waals surface area contributed by atoms with Crippen molar-refractivity contribution < 1.29 is 4.79 Å². The zero-order chi connectivity index (χ0) is 14.4. The van der Waals surface area contributed by atoms with E-state index < -0.39 is 0 Å². The van der Waals surface area contributed by atoms with Crippen LogP contribution in [0, 0.1) is 0 Å². The van der Waals surface area contributed by atoms with Crippen LogP contribution in [0.2, 0.25) is 0 Å². The predicted octanol–water partition coefficient (Wildman–Crippen LogP) is 2.86. The normalized spacial score (nSPS) is 20.4. The molecule has 110 valence electrons. The lowest BCUT2D eigenvalue weighted by Gasteiger charge is -2.28. The Kier molecular flexibility index (Phi) is 5.41. The van der Waals surface area contributed by atoms with Gasteiger partial charge in [0, 0.05) is 17.4 Å². The van der Waals surface area contributed by atoms with Crippen LogP contribution in [0.25, 0.3) is 0 Å². The minimum atomic E-state index is 0.0518. The molecular weight excluding hydrogens is 250 g/mol. The first kappa shape index (κ1) is 14.9. The molecule has 1 amide bonds. The Hall–Kier alpha value is -1.55. The topological polar surface area (TPSA) is 58.4 Å². The van der Waals surface area contributed by atoms with Gasteiger partial charge in [0.2, 0.25) is 5.91 Å². The molecular formula is C16H25N3O. The molecule has 4 nitrogen and oxygen atoms in total. The molecule has 1 saturated heterocycles. The van der Waals surface area contributed by atoms with Gasteiger partial charge in [0.1, 0.15) is 0 Å². The van der Waals surface area contributed by atoms with Crippen LogP contribution in [0.1, 0.15) is 39.0 Å². The maximum absolute atomic E-state index is 12.2. The van der Waals surface area contributed by atoms with Gasteiger partial charge in [0.15, 0.2) is 0 Å². The van der Waals surface area contributed by atoms with Gasteiger partial charge in [-0.05, 0) is 44.0 Å². The molecule has 1 aliphatic rings. The zero-order valence-corrected chi connectivity index (χ0v) is 12.3. The van der Waals surface area contributed by atoms with Crippen molar-refractivity contribution in [2.24, 2.45) is 0 Å². The molecule has 1 heterocycles. The van der Waals surface area contributed by atoms with E-state index in [0.29, 0.717) is 18.3 Å². The van der Waals surface area contributed by atoms with Gasteiger partial charge in [0.25, 0.3) is 0 Å². The van der Waals surface area contributed by atoms with Crippen LogP contribution in [0.3, 0.4) is 0 Å². The predicted molar refractivity (Wildman–Crippen MR) is 83.6 cm³/mol.